The first-order valence-electron chi connectivity index (χ1n) is 9.87. The highest BCUT2D eigenvalue weighted by Crippen LogP contribution is 2.20. The molecule has 0 saturated carbocycles. The van der Waals surface area contributed by atoms with Gasteiger partial charge >= 0.3 is 0 Å². The minimum absolute atomic E-state index is 0.00133. The van der Waals surface area contributed by atoms with E-state index in [2.05, 4.69) is 20.7 Å². The van der Waals surface area contributed by atoms with Crippen LogP contribution in [0.15, 0.2) is 91.0 Å². The maximum atomic E-state index is 12.6. The summed E-state index contributed by atoms with van der Waals surface area (Å²) in [4.78, 5) is 29.2. The van der Waals surface area contributed by atoms with Gasteiger partial charge in [-0.05, 0) is 17.7 Å². The lowest BCUT2D eigenvalue weighted by Gasteiger charge is -2.06. The lowest BCUT2D eigenvalue weighted by atomic mass is 10.2. The van der Waals surface area contributed by atoms with Gasteiger partial charge in [0, 0.05) is 12.1 Å². The smallest absolute Gasteiger partial charge is 0.291 e. The molecular weight excluding hydrogens is 390 g/mol. The Bertz CT molecular complexity index is 1100. The van der Waals surface area contributed by atoms with Crippen molar-refractivity contribution in [2.75, 3.05) is 6.54 Å². The maximum Gasteiger partial charge on any atom is 0.291 e. The van der Waals surface area contributed by atoms with Crippen LogP contribution in [0.3, 0.4) is 0 Å². The molecule has 0 bridgehead atoms. The van der Waals surface area contributed by atoms with E-state index in [0.29, 0.717) is 12.4 Å². The molecule has 1 aromatic heterocycles. The van der Waals surface area contributed by atoms with Crippen molar-refractivity contribution in [1.29, 1.82) is 0 Å². The van der Waals surface area contributed by atoms with Crippen molar-refractivity contribution in [1.82, 2.24) is 25.4 Å². The van der Waals surface area contributed by atoms with Crippen molar-refractivity contribution in [3.8, 4) is 17.1 Å². The Morgan fingerprint density at radius 2 is 1.39 bits per heavy atom. The van der Waals surface area contributed by atoms with Crippen molar-refractivity contribution in [2.45, 2.75) is 6.54 Å². The predicted molar refractivity (Wildman–Crippen MR) is 117 cm³/mol. The van der Waals surface area contributed by atoms with E-state index >= 15 is 0 Å². The minimum atomic E-state index is -0.512. The Morgan fingerprint density at radius 1 is 0.774 bits per heavy atom. The topological polar surface area (TPSA) is 88.9 Å². The molecule has 0 aliphatic rings. The van der Waals surface area contributed by atoms with Gasteiger partial charge in [0.05, 0.1) is 12.2 Å². The van der Waals surface area contributed by atoms with Crippen molar-refractivity contribution >= 4 is 11.8 Å². The fraction of sp³-hybridized carbons (Fsp3) is 0.0833. The molecule has 1 heterocycles. The summed E-state index contributed by atoms with van der Waals surface area (Å²) in [5.74, 6) is -0.256. The van der Waals surface area contributed by atoms with Crippen LogP contribution >= 0.6 is 0 Å². The second-order valence-electron chi connectivity index (χ2n) is 6.82. The van der Waals surface area contributed by atoms with Gasteiger partial charge in [-0.3, -0.25) is 9.59 Å². The maximum absolute atomic E-state index is 12.6. The summed E-state index contributed by atoms with van der Waals surface area (Å²) < 4.78 is 1.62. The van der Waals surface area contributed by atoms with Gasteiger partial charge in [0.1, 0.15) is 0 Å². The zero-order valence-electron chi connectivity index (χ0n) is 16.7. The first-order valence-corrected chi connectivity index (χ1v) is 9.87. The molecule has 154 valence electrons. The molecule has 31 heavy (non-hydrogen) atoms. The summed E-state index contributed by atoms with van der Waals surface area (Å²) in [6, 6.07) is 28.6. The average Bonchev–Trinajstić information content (AvgIpc) is 3.29. The number of hydrogen-bond donors (Lipinski definition) is 2. The van der Waals surface area contributed by atoms with Gasteiger partial charge in [0.25, 0.3) is 5.91 Å². The Morgan fingerprint density at radius 3 is 2.06 bits per heavy atom. The van der Waals surface area contributed by atoms with Crippen molar-refractivity contribution in [3.63, 3.8) is 0 Å². The van der Waals surface area contributed by atoms with Crippen LogP contribution < -0.4 is 10.6 Å². The summed E-state index contributed by atoms with van der Waals surface area (Å²) >= 11 is 0. The van der Waals surface area contributed by atoms with Crippen LogP contribution in [0.25, 0.3) is 17.1 Å². The average molecular weight is 411 g/mol. The second-order valence-corrected chi connectivity index (χ2v) is 6.82. The first kappa shape index (κ1) is 20.0. The second kappa shape index (κ2) is 9.49. The fourth-order valence-corrected chi connectivity index (χ4v) is 3.03. The molecule has 0 aliphatic heterocycles. The molecule has 0 saturated heterocycles. The molecule has 7 heteroatoms. The lowest BCUT2D eigenvalue weighted by molar-refractivity contribution is -0.120. The summed E-state index contributed by atoms with van der Waals surface area (Å²) in [6.45, 7) is 0.237. The number of nitrogens with zero attached hydrogens (tertiary/aromatic N) is 3. The van der Waals surface area contributed by atoms with Crippen LogP contribution in [0.1, 0.15) is 16.2 Å². The van der Waals surface area contributed by atoms with E-state index in [4.69, 9.17) is 0 Å². The van der Waals surface area contributed by atoms with Crippen LogP contribution in [-0.2, 0) is 11.3 Å². The van der Waals surface area contributed by atoms with Crippen molar-refractivity contribution in [3.05, 3.63) is 102 Å². The van der Waals surface area contributed by atoms with Gasteiger partial charge in [-0.15, -0.1) is 5.10 Å². The summed E-state index contributed by atoms with van der Waals surface area (Å²) in [5.41, 5.74) is 2.60. The van der Waals surface area contributed by atoms with Gasteiger partial charge in [0.2, 0.25) is 11.7 Å². The standard InChI is InChI=1S/C24H21N5O2/c30-21(25-16-18-10-4-1-5-11-18)17-26-24(31)22-27-23(19-12-6-2-7-13-19)29(28-22)20-14-8-3-9-15-20/h1-15H,16-17H2,(H,25,30)(H,26,31). The highest BCUT2D eigenvalue weighted by atomic mass is 16.2. The third kappa shape index (κ3) is 5.02. The molecule has 4 rings (SSSR count). The van der Waals surface area contributed by atoms with E-state index in [1.165, 1.54) is 0 Å². The number of rotatable bonds is 7. The number of carbonyl (C=O) groups excluding carboxylic acids is 2. The largest absolute Gasteiger partial charge is 0.350 e. The minimum Gasteiger partial charge on any atom is -0.350 e. The zero-order valence-corrected chi connectivity index (χ0v) is 16.7. The molecule has 3 aromatic carbocycles. The molecule has 2 N–H and O–H groups in total. The number of carbonyl (C=O) groups is 2. The molecule has 0 aliphatic carbocycles. The van der Waals surface area contributed by atoms with E-state index in [9.17, 15) is 9.59 Å². The van der Waals surface area contributed by atoms with Crippen LogP contribution in [-0.4, -0.2) is 33.1 Å². The molecule has 2 amide bonds. The lowest BCUT2D eigenvalue weighted by Crippen LogP contribution is -2.37. The SMILES string of the molecule is O=C(CNC(=O)c1nc(-c2ccccc2)n(-c2ccccc2)n1)NCc1ccccc1. The van der Waals surface area contributed by atoms with E-state index in [1.54, 1.807) is 4.68 Å². The Hall–Kier alpha value is -4.26. The predicted octanol–water partition coefficient (Wildman–Crippen LogP) is 2.98. The monoisotopic (exact) mass is 411 g/mol. The number of amides is 2. The van der Waals surface area contributed by atoms with Crippen LogP contribution in [0.5, 0.6) is 0 Å². The summed E-state index contributed by atoms with van der Waals surface area (Å²) in [7, 11) is 0. The number of hydrogen-bond acceptors (Lipinski definition) is 4. The normalized spacial score (nSPS) is 10.5. The molecule has 4 aromatic rings. The Balaban J connectivity index is 1.47. The third-order valence-electron chi connectivity index (χ3n) is 4.58. The summed E-state index contributed by atoms with van der Waals surface area (Å²) in [5, 5.41) is 9.75. The number of benzene rings is 3. The quantitative estimate of drug-likeness (QED) is 0.489. The molecular formula is C24H21N5O2. The Labute approximate surface area is 179 Å². The molecule has 0 spiro atoms. The molecule has 0 radical (unpaired) electrons. The first-order chi connectivity index (χ1) is 15.2. The van der Waals surface area contributed by atoms with Crippen molar-refractivity contribution < 1.29 is 9.59 Å². The van der Waals surface area contributed by atoms with Gasteiger partial charge < -0.3 is 10.6 Å². The van der Waals surface area contributed by atoms with Gasteiger partial charge in [-0.1, -0.05) is 78.9 Å². The molecule has 0 atom stereocenters. The number of para-hydroxylation sites is 1. The summed E-state index contributed by atoms with van der Waals surface area (Å²) in [6.07, 6.45) is 0. The highest BCUT2D eigenvalue weighted by Gasteiger charge is 2.19. The van der Waals surface area contributed by atoms with Gasteiger partial charge in [0.15, 0.2) is 5.82 Å². The van der Waals surface area contributed by atoms with Gasteiger partial charge in [-0.2, -0.15) is 0 Å². The van der Waals surface area contributed by atoms with E-state index in [1.807, 2.05) is 91.0 Å². The zero-order chi connectivity index (χ0) is 21.5. The van der Waals surface area contributed by atoms with E-state index in [-0.39, 0.29) is 18.3 Å². The van der Waals surface area contributed by atoms with E-state index < -0.39 is 5.91 Å². The van der Waals surface area contributed by atoms with Gasteiger partial charge in [-0.25, -0.2) is 9.67 Å². The molecule has 0 fully saturated rings. The van der Waals surface area contributed by atoms with Crippen LogP contribution in [0.4, 0.5) is 0 Å². The van der Waals surface area contributed by atoms with E-state index in [0.717, 1.165) is 16.8 Å². The third-order valence-corrected chi connectivity index (χ3v) is 4.58. The fourth-order valence-electron chi connectivity index (χ4n) is 3.03. The molecule has 0 unspecified atom stereocenters. The molecule has 7 nitrogen and oxygen atoms in total. The van der Waals surface area contributed by atoms with Crippen LogP contribution in [0, 0.1) is 0 Å². The number of aromatic nitrogens is 3. The van der Waals surface area contributed by atoms with Crippen molar-refractivity contribution in [2.24, 2.45) is 0 Å². The highest BCUT2D eigenvalue weighted by molar-refractivity contribution is 5.93. The number of nitrogens with one attached hydrogen (secondary N) is 2. The Kier molecular flexibility index (Phi) is 6.13. The van der Waals surface area contributed by atoms with Crippen LogP contribution in [0.2, 0.25) is 0 Å².